The Bertz CT molecular complexity index is 615. The maximum absolute atomic E-state index is 13.5. The van der Waals surface area contributed by atoms with Gasteiger partial charge in [-0.3, -0.25) is 10.1 Å². The van der Waals surface area contributed by atoms with Crippen LogP contribution in [0.4, 0.5) is 15.8 Å². The molecule has 0 amide bonds. The number of nitrogens with one attached hydrogen (secondary N) is 1. The van der Waals surface area contributed by atoms with Gasteiger partial charge in [-0.25, -0.2) is 4.98 Å². The molecule has 1 unspecified atom stereocenters. The minimum absolute atomic E-state index is 0.158. The number of halogens is 1. The minimum atomic E-state index is -0.850. The highest BCUT2D eigenvalue weighted by Gasteiger charge is 2.21. The first-order valence-corrected chi connectivity index (χ1v) is 6.42. The zero-order valence-corrected chi connectivity index (χ0v) is 11.2. The van der Waals surface area contributed by atoms with Crippen LogP contribution >= 0.6 is 11.3 Å². The van der Waals surface area contributed by atoms with E-state index in [-0.39, 0.29) is 11.7 Å². The molecule has 0 aliphatic heterocycles. The van der Waals surface area contributed by atoms with Gasteiger partial charge in [0.25, 0.3) is 0 Å². The predicted octanol–water partition coefficient (Wildman–Crippen LogP) is 3.67. The number of rotatable bonds is 4. The molecule has 0 spiro atoms. The number of thiazole rings is 1. The molecule has 0 aliphatic carbocycles. The fourth-order valence-corrected chi connectivity index (χ4v) is 2.46. The van der Waals surface area contributed by atoms with Gasteiger partial charge in [0.05, 0.1) is 11.0 Å². The molecule has 0 radical (unpaired) electrons. The lowest BCUT2D eigenvalue weighted by molar-refractivity contribution is -0.386. The molecule has 0 aliphatic rings. The quantitative estimate of drug-likeness (QED) is 0.685. The topological polar surface area (TPSA) is 68.1 Å². The van der Waals surface area contributed by atoms with Gasteiger partial charge in [-0.15, -0.1) is 11.3 Å². The van der Waals surface area contributed by atoms with Crippen molar-refractivity contribution in [1.82, 2.24) is 4.98 Å². The Hall–Kier alpha value is -2.02. The summed E-state index contributed by atoms with van der Waals surface area (Å²) in [7, 11) is 0. The van der Waals surface area contributed by atoms with Crippen molar-refractivity contribution in [3.05, 3.63) is 50.2 Å². The lowest BCUT2D eigenvalue weighted by Gasteiger charge is -2.12. The number of hydrogen-bond donors (Lipinski definition) is 1. The summed E-state index contributed by atoms with van der Waals surface area (Å²) in [5, 5.41) is 14.6. The third-order valence-corrected chi connectivity index (χ3v) is 3.65. The number of hydrogen-bond acceptors (Lipinski definition) is 5. The molecule has 0 saturated carbocycles. The Labute approximate surface area is 113 Å². The molecule has 1 aromatic carbocycles. The van der Waals surface area contributed by atoms with E-state index in [1.54, 1.807) is 6.20 Å². The van der Waals surface area contributed by atoms with Crippen LogP contribution in [0, 0.1) is 22.9 Å². The summed E-state index contributed by atoms with van der Waals surface area (Å²) >= 11 is 1.50. The number of anilines is 1. The van der Waals surface area contributed by atoms with Crippen molar-refractivity contribution in [2.45, 2.75) is 19.9 Å². The molecule has 7 heteroatoms. The molecule has 19 heavy (non-hydrogen) atoms. The van der Waals surface area contributed by atoms with Gasteiger partial charge in [-0.1, -0.05) is 6.07 Å². The summed E-state index contributed by atoms with van der Waals surface area (Å²) < 4.78 is 13.5. The Morgan fingerprint density at radius 3 is 2.84 bits per heavy atom. The Balaban J connectivity index is 2.28. The van der Waals surface area contributed by atoms with Gasteiger partial charge >= 0.3 is 5.69 Å². The molecule has 1 N–H and O–H groups in total. The van der Waals surface area contributed by atoms with Crippen molar-refractivity contribution in [2.24, 2.45) is 0 Å². The van der Waals surface area contributed by atoms with Crippen molar-refractivity contribution in [3.8, 4) is 0 Å². The zero-order chi connectivity index (χ0) is 14.0. The number of nitro benzene ring substituents is 1. The minimum Gasteiger partial charge on any atom is -0.370 e. The normalized spacial score (nSPS) is 12.2. The van der Waals surface area contributed by atoms with E-state index in [2.05, 4.69) is 10.3 Å². The number of nitrogens with zero attached hydrogens (tertiary/aromatic N) is 2. The van der Waals surface area contributed by atoms with Crippen molar-refractivity contribution < 1.29 is 9.31 Å². The number of para-hydroxylation sites is 1. The second-order valence-electron chi connectivity index (χ2n) is 4.07. The SMILES string of the molecule is Cc1cnc(C(C)Nc2cccc(F)c2[N+](=O)[O-])s1. The molecule has 0 saturated heterocycles. The molecular formula is C12H12FN3O2S. The highest BCUT2D eigenvalue weighted by Crippen LogP contribution is 2.31. The van der Waals surface area contributed by atoms with Crippen LogP contribution in [0.3, 0.4) is 0 Å². The summed E-state index contributed by atoms with van der Waals surface area (Å²) in [6, 6.07) is 3.77. The van der Waals surface area contributed by atoms with Crippen LogP contribution in [0.1, 0.15) is 22.9 Å². The van der Waals surface area contributed by atoms with Crippen molar-refractivity contribution in [1.29, 1.82) is 0 Å². The number of aryl methyl sites for hydroxylation is 1. The Morgan fingerprint density at radius 2 is 2.26 bits per heavy atom. The van der Waals surface area contributed by atoms with E-state index in [9.17, 15) is 14.5 Å². The van der Waals surface area contributed by atoms with Crippen LogP contribution in [0.15, 0.2) is 24.4 Å². The number of aromatic nitrogens is 1. The fourth-order valence-electron chi connectivity index (χ4n) is 1.68. The van der Waals surface area contributed by atoms with Crippen LogP contribution in [-0.4, -0.2) is 9.91 Å². The molecule has 2 aromatic rings. The molecule has 5 nitrogen and oxygen atoms in total. The van der Waals surface area contributed by atoms with E-state index in [0.717, 1.165) is 16.0 Å². The average molecular weight is 281 g/mol. The van der Waals surface area contributed by atoms with Gasteiger partial charge in [-0.2, -0.15) is 4.39 Å². The summed E-state index contributed by atoms with van der Waals surface area (Å²) in [6.45, 7) is 3.76. The van der Waals surface area contributed by atoms with Gasteiger partial charge in [0.2, 0.25) is 5.82 Å². The third kappa shape index (κ3) is 2.87. The van der Waals surface area contributed by atoms with E-state index in [4.69, 9.17) is 0 Å². The van der Waals surface area contributed by atoms with Crippen molar-refractivity contribution >= 4 is 22.7 Å². The average Bonchev–Trinajstić information content (AvgIpc) is 2.75. The molecule has 0 fully saturated rings. The summed E-state index contributed by atoms with van der Waals surface area (Å²) in [6.07, 6.45) is 1.73. The summed E-state index contributed by atoms with van der Waals surface area (Å²) in [4.78, 5) is 15.4. The second-order valence-corrected chi connectivity index (χ2v) is 5.33. The highest BCUT2D eigenvalue weighted by molar-refractivity contribution is 7.11. The molecular weight excluding hydrogens is 269 g/mol. The van der Waals surface area contributed by atoms with Crippen LogP contribution in [0.5, 0.6) is 0 Å². The largest absolute Gasteiger partial charge is 0.370 e. The van der Waals surface area contributed by atoms with Gasteiger partial charge in [0.15, 0.2) is 0 Å². The lowest BCUT2D eigenvalue weighted by Crippen LogP contribution is -2.08. The van der Waals surface area contributed by atoms with E-state index in [0.29, 0.717) is 0 Å². The van der Waals surface area contributed by atoms with Gasteiger partial charge in [0, 0.05) is 11.1 Å². The maximum atomic E-state index is 13.5. The molecule has 1 aromatic heterocycles. The van der Waals surface area contributed by atoms with Crippen molar-refractivity contribution in [3.63, 3.8) is 0 Å². The fraction of sp³-hybridized carbons (Fsp3) is 0.250. The van der Waals surface area contributed by atoms with E-state index < -0.39 is 16.4 Å². The summed E-state index contributed by atoms with van der Waals surface area (Å²) in [5.74, 6) is -0.850. The summed E-state index contributed by atoms with van der Waals surface area (Å²) in [5.41, 5.74) is -0.381. The first-order chi connectivity index (χ1) is 8.99. The molecule has 100 valence electrons. The maximum Gasteiger partial charge on any atom is 0.327 e. The molecule has 1 atom stereocenters. The van der Waals surface area contributed by atoms with E-state index in [1.165, 1.54) is 23.5 Å². The van der Waals surface area contributed by atoms with Crippen LogP contribution in [0.2, 0.25) is 0 Å². The Kier molecular flexibility index (Phi) is 3.75. The van der Waals surface area contributed by atoms with Gasteiger partial charge in [-0.05, 0) is 26.0 Å². The van der Waals surface area contributed by atoms with Crippen LogP contribution in [-0.2, 0) is 0 Å². The predicted molar refractivity (Wildman–Crippen MR) is 71.9 cm³/mol. The standard InChI is InChI=1S/C12H12FN3O2S/c1-7-6-14-12(19-7)8(2)15-10-5-3-4-9(13)11(10)16(17)18/h3-6,8,15H,1-2H3. The van der Waals surface area contributed by atoms with Crippen LogP contribution in [0.25, 0.3) is 0 Å². The van der Waals surface area contributed by atoms with Gasteiger partial charge in [0.1, 0.15) is 10.7 Å². The highest BCUT2D eigenvalue weighted by atomic mass is 32.1. The molecule has 2 rings (SSSR count). The lowest BCUT2D eigenvalue weighted by atomic mass is 10.2. The Morgan fingerprint density at radius 1 is 1.53 bits per heavy atom. The number of nitro groups is 1. The first kappa shape index (κ1) is 13.4. The zero-order valence-electron chi connectivity index (χ0n) is 10.4. The van der Waals surface area contributed by atoms with Crippen LogP contribution < -0.4 is 5.32 Å². The van der Waals surface area contributed by atoms with E-state index >= 15 is 0 Å². The molecule has 0 bridgehead atoms. The monoisotopic (exact) mass is 281 g/mol. The first-order valence-electron chi connectivity index (χ1n) is 5.61. The van der Waals surface area contributed by atoms with Crippen molar-refractivity contribution in [2.75, 3.05) is 5.32 Å². The molecule has 1 heterocycles. The third-order valence-electron chi connectivity index (χ3n) is 2.55. The van der Waals surface area contributed by atoms with E-state index in [1.807, 2.05) is 13.8 Å². The van der Waals surface area contributed by atoms with Gasteiger partial charge < -0.3 is 5.32 Å². The number of benzene rings is 1. The smallest absolute Gasteiger partial charge is 0.327 e. The second kappa shape index (κ2) is 5.31.